The molecule has 0 aliphatic rings. The smallest absolute Gasteiger partial charge is 0.246 e. The molecule has 0 aliphatic heterocycles. The number of nitrogens with one attached hydrogen (secondary N) is 1. The topological polar surface area (TPSA) is 47.6 Å². The molecule has 4 nitrogen and oxygen atoms in total. The number of ether oxygens (including phenoxy) is 2. The highest BCUT2D eigenvalue weighted by Crippen LogP contribution is 2.20. The SMILES string of the molecule is CC(C)C#CCNC(=O)COCCOC(CCCC(C)C)C[Si](C)(C)C. The lowest BCUT2D eigenvalue weighted by molar-refractivity contribution is -0.126. The Morgan fingerprint density at radius 2 is 1.77 bits per heavy atom. The first-order valence-electron chi connectivity index (χ1n) is 10.0. The molecule has 0 rings (SSSR count). The molecular formula is C21H41NO3Si. The van der Waals surface area contributed by atoms with E-state index in [0.29, 0.717) is 31.8 Å². The van der Waals surface area contributed by atoms with Gasteiger partial charge in [0.25, 0.3) is 0 Å². The molecule has 1 atom stereocenters. The molecule has 26 heavy (non-hydrogen) atoms. The maximum absolute atomic E-state index is 11.6. The zero-order valence-corrected chi connectivity index (χ0v) is 19.1. The van der Waals surface area contributed by atoms with Gasteiger partial charge in [-0.05, 0) is 18.4 Å². The standard InChI is InChI=1S/C21H41NO3Si/c1-18(2)10-8-12-20(17-26(5,6)7)25-15-14-24-16-21(23)22-13-9-11-19(3)4/h18-20H,8,10,12-17H2,1-7H3,(H,22,23). The van der Waals surface area contributed by atoms with Crippen LogP contribution in [0.1, 0.15) is 47.0 Å². The first-order chi connectivity index (χ1) is 12.1. The third-order valence-electron chi connectivity index (χ3n) is 3.73. The van der Waals surface area contributed by atoms with Gasteiger partial charge in [-0.3, -0.25) is 4.79 Å². The van der Waals surface area contributed by atoms with E-state index < -0.39 is 8.07 Å². The van der Waals surface area contributed by atoms with E-state index in [1.165, 1.54) is 18.9 Å². The zero-order valence-electron chi connectivity index (χ0n) is 18.1. The van der Waals surface area contributed by atoms with E-state index in [2.05, 4.69) is 50.6 Å². The minimum absolute atomic E-state index is 0.0682. The Hall–Kier alpha value is -0.833. The third kappa shape index (κ3) is 18.0. The van der Waals surface area contributed by atoms with Crippen LogP contribution in [0.5, 0.6) is 0 Å². The van der Waals surface area contributed by atoms with E-state index in [1.54, 1.807) is 0 Å². The van der Waals surface area contributed by atoms with Gasteiger partial charge in [0, 0.05) is 14.0 Å². The van der Waals surface area contributed by atoms with Crippen molar-refractivity contribution in [2.45, 2.75) is 78.7 Å². The summed E-state index contributed by atoms with van der Waals surface area (Å²) in [6, 6.07) is 1.18. The molecule has 0 radical (unpaired) electrons. The van der Waals surface area contributed by atoms with Crippen LogP contribution >= 0.6 is 0 Å². The molecule has 0 fully saturated rings. The zero-order chi connectivity index (χ0) is 20.0. The molecule has 0 heterocycles. The van der Waals surface area contributed by atoms with E-state index in [0.717, 1.165) is 12.3 Å². The van der Waals surface area contributed by atoms with Gasteiger partial charge in [-0.15, -0.1) is 0 Å². The predicted molar refractivity (Wildman–Crippen MR) is 113 cm³/mol. The number of rotatable bonds is 13. The highest BCUT2D eigenvalue weighted by Gasteiger charge is 2.20. The van der Waals surface area contributed by atoms with Gasteiger partial charge in [0.1, 0.15) is 6.61 Å². The fourth-order valence-corrected chi connectivity index (χ4v) is 4.26. The lowest BCUT2D eigenvalue weighted by Crippen LogP contribution is -2.30. The summed E-state index contributed by atoms with van der Waals surface area (Å²) in [5.41, 5.74) is 0. The molecular weight excluding hydrogens is 342 g/mol. The van der Waals surface area contributed by atoms with Crippen LogP contribution in [0.4, 0.5) is 0 Å². The van der Waals surface area contributed by atoms with Crippen molar-refractivity contribution in [3.05, 3.63) is 0 Å². The first-order valence-corrected chi connectivity index (χ1v) is 13.7. The molecule has 1 amide bonds. The minimum atomic E-state index is -1.15. The Morgan fingerprint density at radius 1 is 1.08 bits per heavy atom. The van der Waals surface area contributed by atoms with Crippen LogP contribution in [0.3, 0.4) is 0 Å². The molecule has 0 spiro atoms. The second-order valence-corrected chi connectivity index (χ2v) is 14.4. The van der Waals surface area contributed by atoms with Crippen molar-refractivity contribution in [3.63, 3.8) is 0 Å². The van der Waals surface area contributed by atoms with Crippen molar-refractivity contribution in [2.24, 2.45) is 11.8 Å². The molecule has 0 saturated carbocycles. The number of carbonyl (C=O) groups excluding carboxylic acids is 1. The molecule has 0 bridgehead atoms. The van der Waals surface area contributed by atoms with E-state index >= 15 is 0 Å². The summed E-state index contributed by atoms with van der Waals surface area (Å²) in [7, 11) is -1.15. The van der Waals surface area contributed by atoms with Gasteiger partial charge < -0.3 is 14.8 Å². The molecule has 0 aromatic carbocycles. The summed E-state index contributed by atoms with van der Waals surface area (Å²) in [5, 5.41) is 2.73. The Balaban J connectivity index is 3.95. The summed E-state index contributed by atoms with van der Waals surface area (Å²) in [4.78, 5) is 11.6. The summed E-state index contributed by atoms with van der Waals surface area (Å²) in [6.45, 7) is 17.2. The van der Waals surface area contributed by atoms with Crippen LogP contribution in [0.15, 0.2) is 0 Å². The highest BCUT2D eigenvalue weighted by atomic mass is 28.3. The van der Waals surface area contributed by atoms with Crippen molar-refractivity contribution in [1.29, 1.82) is 0 Å². The molecule has 0 aromatic rings. The van der Waals surface area contributed by atoms with Crippen LogP contribution in [0, 0.1) is 23.7 Å². The van der Waals surface area contributed by atoms with Crippen molar-refractivity contribution < 1.29 is 14.3 Å². The van der Waals surface area contributed by atoms with E-state index in [9.17, 15) is 4.79 Å². The molecule has 1 unspecified atom stereocenters. The molecule has 0 saturated heterocycles. The molecule has 1 N–H and O–H groups in total. The number of hydrogen-bond acceptors (Lipinski definition) is 3. The monoisotopic (exact) mass is 383 g/mol. The fraction of sp³-hybridized carbons (Fsp3) is 0.857. The lowest BCUT2D eigenvalue weighted by atomic mass is 10.0. The van der Waals surface area contributed by atoms with E-state index in [-0.39, 0.29) is 12.5 Å². The average Bonchev–Trinajstić information content (AvgIpc) is 2.49. The van der Waals surface area contributed by atoms with Gasteiger partial charge >= 0.3 is 0 Å². The maximum atomic E-state index is 11.6. The van der Waals surface area contributed by atoms with Crippen LogP contribution < -0.4 is 5.32 Å². The van der Waals surface area contributed by atoms with Crippen LogP contribution in [0.2, 0.25) is 25.7 Å². The van der Waals surface area contributed by atoms with Crippen LogP contribution in [-0.4, -0.2) is 46.5 Å². The molecule has 0 aliphatic carbocycles. The molecule has 5 heteroatoms. The summed E-state index contributed by atoms with van der Waals surface area (Å²) >= 11 is 0. The Labute approximate surface area is 162 Å². The average molecular weight is 384 g/mol. The molecule has 152 valence electrons. The summed E-state index contributed by atoms with van der Waals surface area (Å²) in [6.07, 6.45) is 3.91. The van der Waals surface area contributed by atoms with Crippen molar-refractivity contribution in [2.75, 3.05) is 26.4 Å². The van der Waals surface area contributed by atoms with Crippen LogP contribution in [0.25, 0.3) is 0 Å². The second-order valence-electron chi connectivity index (χ2n) is 8.89. The summed E-state index contributed by atoms with van der Waals surface area (Å²) in [5.74, 6) is 6.88. The quantitative estimate of drug-likeness (QED) is 0.292. The van der Waals surface area contributed by atoms with Crippen molar-refractivity contribution in [3.8, 4) is 11.8 Å². The van der Waals surface area contributed by atoms with E-state index in [1.807, 2.05) is 13.8 Å². The largest absolute Gasteiger partial charge is 0.376 e. The van der Waals surface area contributed by atoms with Gasteiger partial charge in [0.15, 0.2) is 0 Å². The Kier molecular flexibility index (Phi) is 13.8. The van der Waals surface area contributed by atoms with Crippen molar-refractivity contribution in [1.82, 2.24) is 5.32 Å². The Morgan fingerprint density at radius 3 is 2.35 bits per heavy atom. The highest BCUT2D eigenvalue weighted by molar-refractivity contribution is 6.76. The van der Waals surface area contributed by atoms with Gasteiger partial charge in [-0.25, -0.2) is 0 Å². The first kappa shape index (κ1) is 25.2. The normalized spacial score (nSPS) is 12.8. The number of hydrogen-bond donors (Lipinski definition) is 1. The summed E-state index contributed by atoms with van der Waals surface area (Å²) < 4.78 is 11.5. The lowest BCUT2D eigenvalue weighted by Gasteiger charge is -2.25. The second kappa shape index (κ2) is 14.3. The van der Waals surface area contributed by atoms with Gasteiger partial charge in [0.2, 0.25) is 5.91 Å². The minimum Gasteiger partial charge on any atom is -0.376 e. The number of carbonyl (C=O) groups is 1. The maximum Gasteiger partial charge on any atom is 0.246 e. The van der Waals surface area contributed by atoms with E-state index in [4.69, 9.17) is 9.47 Å². The Bertz CT molecular complexity index is 433. The third-order valence-corrected chi connectivity index (χ3v) is 5.41. The van der Waals surface area contributed by atoms with Gasteiger partial charge in [0.05, 0.1) is 25.9 Å². The number of amides is 1. The van der Waals surface area contributed by atoms with Crippen LogP contribution in [-0.2, 0) is 14.3 Å². The fourth-order valence-electron chi connectivity index (χ4n) is 2.57. The predicted octanol–water partition coefficient (Wildman–Crippen LogP) is 4.33. The van der Waals surface area contributed by atoms with Gasteiger partial charge in [-0.1, -0.05) is 72.0 Å². The van der Waals surface area contributed by atoms with Crippen molar-refractivity contribution >= 4 is 14.0 Å². The van der Waals surface area contributed by atoms with Gasteiger partial charge in [-0.2, -0.15) is 0 Å². The molecule has 0 aromatic heterocycles.